The smallest absolute Gasteiger partial charge is 0.137 e. The molecular weight excluding hydrogens is 319 g/mol. The molecule has 0 spiro atoms. The standard InChI is InChI=1S/C17H24BrFO/c1-16(2,3)15-6-4-5-9-17(15,20)11-12-7-8-14(19)13(18)10-12/h7-8,10,15,20H,4-6,9,11H2,1-3H3. The molecule has 0 amide bonds. The zero-order valence-corrected chi connectivity index (χ0v) is 14.1. The van der Waals surface area contributed by atoms with Crippen LogP contribution in [0, 0.1) is 17.2 Å². The van der Waals surface area contributed by atoms with Crippen molar-refractivity contribution in [3.63, 3.8) is 0 Å². The second-order valence-corrected chi connectivity index (χ2v) is 8.05. The zero-order valence-electron chi connectivity index (χ0n) is 12.5. The van der Waals surface area contributed by atoms with Gasteiger partial charge in [-0.05, 0) is 57.8 Å². The number of aliphatic hydroxyl groups is 1. The third-order valence-electron chi connectivity index (χ3n) is 4.54. The minimum absolute atomic E-state index is 0.0897. The van der Waals surface area contributed by atoms with Crippen LogP contribution in [-0.4, -0.2) is 10.7 Å². The molecule has 1 aliphatic carbocycles. The zero-order chi connectivity index (χ0) is 15.0. The minimum Gasteiger partial charge on any atom is -0.389 e. The third-order valence-corrected chi connectivity index (χ3v) is 5.15. The monoisotopic (exact) mass is 342 g/mol. The van der Waals surface area contributed by atoms with Gasteiger partial charge in [0.15, 0.2) is 0 Å². The Labute approximate surface area is 129 Å². The van der Waals surface area contributed by atoms with E-state index in [0.717, 1.165) is 24.8 Å². The maximum atomic E-state index is 13.3. The molecular formula is C17H24BrFO. The van der Waals surface area contributed by atoms with Crippen LogP contribution in [0.15, 0.2) is 22.7 Å². The summed E-state index contributed by atoms with van der Waals surface area (Å²) < 4.78 is 13.8. The van der Waals surface area contributed by atoms with E-state index in [1.807, 2.05) is 0 Å². The van der Waals surface area contributed by atoms with Crippen LogP contribution in [0.1, 0.15) is 52.0 Å². The summed E-state index contributed by atoms with van der Waals surface area (Å²) in [6, 6.07) is 5.05. The fourth-order valence-corrected chi connectivity index (χ4v) is 4.10. The van der Waals surface area contributed by atoms with Crippen LogP contribution in [0.3, 0.4) is 0 Å². The van der Waals surface area contributed by atoms with E-state index in [1.165, 1.54) is 12.5 Å². The first-order chi connectivity index (χ1) is 9.22. The van der Waals surface area contributed by atoms with Crippen molar-refractivity contribution >= 4 is 15.9 Å². The van der Waals surface area contributed by atoms with Gasteiger partial charge in [0.05, 0.1) is 10.1 Å². The number of hydrogen-bond donors (Lipinski definition) is 1. The van der Waals surface area contributed by atoms with Crippen molar-refractivity contribution in [1.29, 1.82) is 0 Å². The Hall–Kier alpha value is -0.410. The molecule has 2 rings (SSSR count). The highest BCUT2D eigenvalue weighted by Crippen LogP contribution is 2.46. The number of benzene rings is 1. The molecule has 0 saturated heterocycles. The van der Waals surface area contributed by atoms with E-state index in [2.05, 4.69) is 36.7 Å². The summed E-state index contributed by atoms with van der Waals surface area (Å²) in [7, 11) is 0. The second kappa shape index (κ2) is 5.76. The fraction of sp³-hybridized carbons (Fsp3) is 0.647. The first kappa shape index (κ1) is 16.0. The van der Waals surface area contributed by atoms with Gasteiger partial charge in [0.2, 0.25) is 0 Å². The van der Waals surface area contributed by atoms with Gasteiger partial charge in [-0.25, -0.2) is 4.39 Å². The summed E-state index contributed by atoms with van der Waals surface area (Å²) in [6.07, 6.45) is 4.78. The lowest BCUT2D eigenvalue weighted by Gasteiger charge is -2.47. The number of hydrogen-bond acceptors (Lipinski definition) is 1. The first-order valence-electron chi connectivity index (χ1n) is 7.39. The fourth-order valence-electron chi connectivity index (χ4n) is 3.68. The maximum Gasteiger partial charge on any atom is 0.137 e. The highest BCUT2D eigenvalue weighted by Gasteiger charge is 2.44. The Balaban J connectivity index is 2.25. The van der Waals surface area contributed by atoms with Gasteiger partial charge in [-0.1, -0.05) is 39.7 Å². The van der Waals surface area contributed by atoms with E-state index in [1.54, 1.807) is 12.1 Å². The molecule has 2 atom stereocenters. The molecule has 1 aliphatic rings. The molecule has 0 bridgehead atoms. The Bertz CT molecular complexity index is 480. The Kier molecular flexibility index (Phi) is 4.60. The van der Waals surface area contributed by atoms with Gasteiger partial charge in [0.25, 0.3) is 0 Å². The Morgan fingerprint density at radius 2 is 2.05 bits per heavy atom. The molecule has 2 unspecified atom stereocenters. The summed E-state index contributed by atoms with van der Waals surface area (Å²) in [4.78, 5) is 0. The van der Waals surface area contributed by atoms with Crippen LogP contribution < -0.4 is 0 Å². The van der Waals surface area contributed by atoms with Gasteiger partial charge in [-0.3, -0.25) is 0 Å². The lowest BCUT2D eigenvalue weighted by atomic mass is 9.62. The molecule has 20 heavy (non-hydrogen) atoms. The van der Waals surface area contributed by atoms with Gasteiger partial charge in [-0.2, -0.15) is 0 Å². The molecule has 1 N–H and O–H groups in total. The van der Waals surface area contributed by atoms with Crippen LogP contribution in [0.4, 0.5) is 4.39 Å². The van der Waals surface area contributed by atoms with Crippen molar-refractivity contribution < 1.29 is 9.50 Å². The highest BCUT2D eigenvalue weighted by molar-refractivity contribution is 9.10. The van der Waals surface area contributed by atoms with Crippen LogP contribution in [0.2, 0.25) is 0 Å². The molecule has 112 valence electrons. The number of rotatable bonds is 2. The summed E-state index contributed by atoms with van der Waals surface area (Å²) in [5.41, 5.74) is 0.414. The van der Waals surface area contributed by atoms with Gasteiger partial charge in [-0.15, -0.1) is 0 Å². The highest BCUT2D eigenvalue weighted by atomic mass is 79.9. The second-order valence-electron chi connectivity index (χ2n) is 7.19. The van der Waals surface area contributed by atoms with Gasteiger partial charge >= 0.3 is 0 Å². The van der Waals surface area contributed by atoms with Gasteiger partial charge in [0.1, 0.15) is 5.82 Å². The Morgan fingerprint density at radius 3 is 2.65 bits per heavy atom. The molecule has 3 heteroatoms. The summed E-state index contributed by atoms with van der Waals surface area (Å²) in [5, 5.41) is 11.2. The molecule has 0 heterocycles. The van der Waals surface area contributed by atoms with Crippen LogP contribution in [0.5, 0.6) is 0 Å². The van der Waals surface area contributed by atoms with Crippen molar-refractivity contribution in [3.8, 4) is 0 Å². The molecule has 1 fully saturated rings. The first-order valence-corrected chi connectivity index (χ1v) is 8.18. The molecule has 0 aromatic heterocycles. The predicted octanol–water partition coefficient (Wildman–Crippen LogP) is 5.10. The molecule has 0 aliphatic heterocycles. The van der Waals surface area contributed by atoms with Crippen LogP contribution in [0.25, 0.3) is 0 Å². The minimum atomic E-state index is -0.673. The van der Waals surface area contributed by atoms with E-state index in [-0.39, 0.29) is 17.2 Å². The van der Waals surface area contributed by atoms with Crippen molar-refractivity contribution in [2.45, 2.75) is 58.5 Å². The van der Waals surface area contributed by atoms with Crippen molar-refractivity contribution in [2.75, 3.05) is 0 Å². The normalized spacial score (nSPS) is 27.6. The predicted molar refractivity (Wildman–Crippen MR) is 84.2 cm³/mol. The largest absolute Gasteiger partial charge is 0.389 e. The number of halogens is 2. The quantitative estimate of drug-likeness (QED) is 0.792. The lowest BCUT2D eigenvalue weighted by molar-refractivity contribution is -0.0889. The third kappa shape index (κ3) is 3.43. The van der Waals surface area contributed by atoms with Gasteiger partial charge in [0, 0.05) is 6.42 Å². The average Bonchev–Trinajstić information content (AvgIpc) is 2.32. The van der Waals surface area contributed by atoms with E-state index in [0.29, 0.717) is 10.9 Å². The Morgan fingerprint density at radius 1 is 1.35 bits per heavy atom. The van der Waals surface area contributed by atoms with E-state index < -0.39 is 5.60 Å². The molecule has 0 radical (unpaired) electrons. The molecule has 1 aromatic carbocycles. The summed E-state index contributed by atoms with van der Waals surface area (Å²) in [5.74, 6) is 0.0318. The summed E-state index contributed by atoms with van der Waals surface area (Å²) >= 11 is 3.23. The van der Waals surface area contributed by atoms with Gasteiger partial charge < -0.3 is 5.11 Å². The molecule has 1 aromatic rings. The van der Waals surface area contributed by atoms with E-state index in [9.17, 15) is 9.50 Å². The summed E-state index contributed by atoms with van der Waals surface area (Å²) in [6.45, 7) is 6.61. The van der Waals surface area contributed by atoms with E-state index in [4.69, 9.17) is 0 Å². The van der Waals surface area contributed by atoms with Crippen LogP contribution in [-0.2, 0) is 6.42 Å². The van der Waals surface area contributed by atoms with E-state index >= 15 is 0 Å². The SMILES string of the molecule is CC(C)(C)C1CCCCC1(O)Cc1ccc(F)c(Br)c1. The molecule has 1 saturated carbocycles. The van der Waals surface area contributed by atoms with Crippen molar-refractivity contribution in [1.82, 2.24) is 0 Å². The topological polar surface area (TPSA) is 20.2 Å². The molecule has 1 nitrogen and oxygen atoms in total. The van der Waals surface area contributed by atoms with Crippen molar-refractivity contribution in [3.05, 3.63) is 34.1 Å². The van der Waals surface area contributed by atoms with Crippen molar-refractivity contribution in [2.24, 2.45) is 11.3 Å². The van der Waals surface area contributed by atoms with Crippen LogP contribution >= 0.6 is 15.9 Å². The lowest BCUT2D eigenvalue weighted by Crippen LogP contribution is -2.48. The average molecular weight is 343 g/mol. The maximum absolute atomic E-state index is 13.3.